The maximum Gasteiger partial charge on any atom is 0.118 e. The average Bonchev–Trinajstić information content (AvgIpc) is 3.56. The van der Waals surface area contributed by atoms with E-state index in [0.29, 0.717) is 11.5 Å². The lowest BCUT2D eigenvalue weighted by molar-refractivity contribution is 0.113. The van der Waals surface area contributed by atoms with Gasteiger partial charge in [-0.25, -0.2) is 0 Å². The maximum atomic E-state index is 14.2. The normalized spacial score (nSPS) is 12.5. The summed E-state index contributed by atoms with van der Waals surface area (Å²) in [5.41, 5.74) is 8.37. The molecule has 0 amide bonds. The quantitative estimate of drug-likeness (QED) is 0.0631. The summed E-state index contributed by atoms with van der Waals surface area (Å²) in [6.07, 6.45) is -0.971. The molecule has 9 aromatic carbocycles. The average molecular weight is 1050 g/mol. The molecule has 386 valence electrons. The number of benzene rings is 9. The Kier molecular flexibility index (Phi) is 17.1. The lowest BCUT2D eigenvalue weighted by atomic mass is 9.61. The zero-order valence-corrected chi connectivity index (χ0v) is 45.4. The molecule has 0 aromatic heterocycles. The molecule has 0 aliphatic heterocycles. The van der Waals surface area contributed by atoms with Crippen LogP contribution in [-0.2, 0) is 14.9 Å². The van der Waals surface area contributed by atoms with Gasteiger partial charge >= 0.3 is 0 Å². The van der Waals surface area contributed by atoms with Crippen molar-refractivity contribution in [3.63, 3.8) is 0 Å². The van der Waals surface area contributed by atoms with Crippen LogP contribution in [0.1, 0.15) is 50.1 Å². The summed E-state index contributed by atoms with van der Waals surface area (Å²) >= 11 is 3.55. The van der Waals surface area contributed by atoms with Gasteiger partial charge in [-0.3, -0.25) is 0 Å². The minimum atomic E-state index is -0.981. The molecule has 76 heavy (non-hydrogen) atoms. The molecular weight excluding hydrogens is 981 g/mol. The van der Waals surface area contributed by atoms with Gasteiger partial charge in [0.05, 0.1) is 63.7 Å². The molecule has 0 radical (unpaired) electrons. The third kappa shape index (κ3) is 10.5. The van der Waals surface area contributed by atoms with Gasteiger partial charge in [-0.15, -0.1) is 23.5 Å². The van der Waals surface area contributed by atoms with Crippen LogP contribution in [0.15, 0.2) is 237 Å². The van der Waals surface area contributed by atoms with E-state index in [4.69, 9.17) is 28.4 Å². The van der Waals surface area contributed by atoms with Crippen molar-refractivity contribution < 1.29 is 33.5 Å². The number of thioether (sulfide) groups is 2. The number of hydrogen-bond acceptors (Lipinski definition) is 9. The maximum absolute atomic E-state index is 14.2. The SMILES string of the molecule is COc1ccc(C(SCC(O)C(CSC(c2ccccc2)(c2ccc(OC)cc2)c2ccc(OC)cc2)C(c2ccccc2)(c2ccc(OC)cc2)c2ccc(OC)cc2)(c2ccccc2)c2ccc(OC)cc2)cc1. The molecule has 0 saturated heterocycles. The molecule has 1 N–H and O–H groups in total. The number of hydrogen-bond donors (Lipinski definition) is 1. The molecule has 0 bridgehead atoms. The Morgan fingerprint density at radius 3 is 0.763 bits per heavy atom. The Bertz CT molecular complexity index is 3050. The Balaban J connectivity index is 1.32. The third-order valence-electron chi connectivity index (χ3n) is 14.6. The van der Waals surface area contributed by atoms with E-state index in [0.717, 1.165) is 84.6 Å². The summed E-state index contributed by atoms with van der Waals surface area (Å²) in [7, 11) is 10.1. The standard InChI is InChI=1S/C67H64O7S2/c1-69-57-34-22-49(23-35-57)65(48-16-10-7-11-17-48,50-24-36-58(70-2)37-25-50)63(46-75-66(51-18-12-8-13-19-51,53-26-38-59(71-3)39-27-53)54-28-40-60(72-4)41-29-54)64(68)47-76-67(52-20-14-9-15-21-52,55-30-42-61(73-5)43-31-55)56-32-44-62(74-6)45-33-56/h7-45,63-64,68H,46-47H2,1-6H3. The van der Waals surface area contributed by atoms with Crippen LogP contribution in [-0.4, -0.2) is 65.4 Å². The van der Waals surface area contributed by atoms with Crippen LogP contribution in [0.4, 0.5) is 0 Å². The zero-order chi connectivity index (χ0) is 53.0. The van der Waals surface area contributed by atoms with Gasteiger partial charge in [0.15, 0.2) is 0 Å². The van der Waals surface area contributed by atoms with Gasteiger partial charge in [0.25, 0.3) is 0 Å². The van der Waals surface area contributed by atoms with E-state index >= 15 is 0 Å². The first-order valence-electron chi connectivity index (χ1n) is 25.3. The first kappa shape index (κ1) is 53.3. The van der Waals surface area contributed by atoms with Crippen molar-refractivity contribution in [2.45, 2.75) is 21.0 Å². The molecule has 0 fully saturated rings. The minimum absolute atomic E-state index is 0.308. The van der Waals surface area contributed by atoms with E-state index in [1.54, 1.807) is 54.4 Å². The fourth-order valence-corrected chi connectivity index (χ4v) is 14.1. The smallest absolute Gasteiger partial charge is 0.118 e. The predicted molar refractivity (Wildman–Crippen MR) is 311 cm³/mol. The highest BCUT2D eigenvalue weighted by molar-refractivity contribution is 8.01. The summed E-state index contributed by atoms with van der Waals surface area (Å²) in [5, 5.41) is 14.2. The topological polar surface area (TPSA) is 75.6 Å². The first-order valence-corrected chi connectivity index (χ1v) is 27.2. The van der Waals surface area contributed by atoms with Crippen molar-refractivity contribution >= 4 is 23.5 Å². The van der Waals surface area contributed by atoms with Gasteiger partial charge in [0.1, 0.15) is 34.5 Å². The fraction of sp³-hybridized carbons (Fsp3) is 0.194. The lowest BCUT2D eigenvalue weighted by Gasteiger charge is -2.47. The molecule has 2 unspecified atom stereocenters. The van der Waals surface area contributed by atoms with Crippen molar-refractivity contribution in [1.29, 1.82) is 0 Å². The van der Waals surface area contributed by atoms with Crippen molar-refractivity contribution in [1.82, 2.24) is 0 Å². The predicted octanol–water partition coefficient (Wildman–Crippen LogP) is 14.5. The van der Waals surface area contributed by atoms with Crippen LogP contribution >= 0.6 is 23.5 Å². The van der Waals surface area contributed by atoms with E-state index < -0.39 is 26.9 Å². The van der Waals surface area contributed by atoms with Crippen LogP contribution < -0.4 is 28.4 Å². The fourth-order valence-electron chi connectivity index (χ4n) is 10.8. The zero-order valence-electron chi connectivity index (χ0n) is 43.8. The molecule has 0 saturated carbocycles. The molecule has 0 aliphatic rings. The second-order valence-corrected chi connectivity index (χ2v) is 20.9. The molecule has 7 nitrogen and oxygen atoms in total. The number of ether oxygens (including phenoxy) is 6. The Hall–Kier alpha value is -7.56. The van der Waals surface area contributed by atoms with Gasteiger partial charge in [-0.1, -0.05) is 164 Å². The highest BCUT2D eigenvalue weighted by Crippen LogP contribution is 2.56. The largest absolute Gasteiger partial charge is 0.497 e. The van der Waals surface area contributed by atoms with Crippen LogP contribution in [0, 0.1) is 5.92 Å². The molecular formula is C67H64O7S2. The summed E-state index contributed by atoms with van der Waals surface area (Å²) < 4.78 is 33.0. The highest BCUT2D eigenvalue weighted by Gasteiger charge is 2.50. The van der Waals surface area contributed by atoms with Crippen molar-refractivity contribution in [3.8, 4) is 34.5 Å². The Morgan fingerprint density at radius 1 is 0.289 bits per heavy atom. The molecule has 9 aromatic rings. The molecule has 9 rings (SSSR count). The van der Waals surface area contributed by atoms with Crippen molar-refractivity contribution in [3.05, 3.63) is 287 Å². The van der Waals surface area contributed by atoms with Gasteiger partial charge in [-0.05, 0) is 123 Å². The van der Waals surface area contributed by atoms with Crippen molar-refractivity contribution in [2.24, 2.45) is 5.92 Å². The lowest BCUT2D eigenvalue weighted by Crippen LogP contribution is -2.47. The second kappa shape index (κ2) is 24.4. The Morgan fingerprint density at radius 2 is 0.500 bits per heavy atom. The van der Waals surface area contributed by atoms with Gasteiger partial charge < -0.3 is 33.5 Å². The molecule has 9 heteroatoms. The molecule has 0 aliphatic carbocycles. The summed E-state index contributed by atoms with van der Waals surface area (Å²) in [6.45, 7) is 0. The van der Waals surface area contributed by atoms with Gasteiger partial charge in [-0.2, -0.15) is 0 Å². The summed E-state index contributed by atoms with van der Waals surface area (Å²) in [5.74, 6) is 4.71. The van der Waals surface area contributed by atoms with Gasteiger partial charge in [0, 0.05) is 17.4 Å². The number of aliphatic hydroxyl groups is 1. The molecule has 0 heterocycles. The van der Waals surface area contributed by atoms with E-state index in [2.05, 4.69) is 158 Å². The second-order valence-electron chi connectivity index (χ2n) is 18.4. The van der Waals surface area contributed by atoms with Crippen LogP contribution in [0.25, 0.3) is 0 Å². The van der Waals surface area contributed by atoms with E-state index in [-0.39, 0.29) is 0 Å². The number of rotatable bonds is 23. The minimum Gasteiger partial charge on any atom is -0.497 e. The van der Waals surface area contributed by atoms with E-state index in [1.165, 1.54) is 0 Å². The number of methoxy groups -OCH3 is 6. The van der Waals surface area contributed by atoms with Gasteiger partial charge in [0.2, 0.25) is 0 Å². The third-order valence-corrected chi connectivity index (χ3v) is 18.0. The van der Waals surface area contributed by atoms with Crippen LogP contribution in [0.3, 0.4) is 0 Å². The highest BCUT2D eigenvalue weighted by atomic mass is 32.2. The van der Waals surface area contributed by atoms with Crippen LogP contribution in [0.2, 0.25) is 0 Å². The first-order chi connectivity index (χ1) is 37.3. The van der Waals surface area contributed by atoms with Crippen molar-refractivity contribution in [2.75, 3.05) is 54.2 Å². The molecule has 2 atom stereocenters. The van der Waals surface area contributed by atoms with E-state index in [9.17, 15) is 5.11 Å². The molecule has 0 spiro atoms. The van der Waals surface area contributed by atoms with Crippen LogP contribution in [0.5, 0.6) is 34.5 Å². The van der Waals surface area contributed by atoms with E-state index in [1.807, 2.05) is 90.6 Å². The monoisotopic (exact) mass is 1040 g/mol. The Labute approximate surface area is 456 Å². The summed E-state index contributed by atoms with van der Waals surface area (Å²) in [6, 6.07) is 82.1. The summed E-state index contributed by atoms with van der Waals surface area (Å²) in [4.78, 5) is 0. The number of aliphatic hydroxyl groups excluding tert-OH is 1.